The molecule has 0 saturated heterocycles. The van der Waals surface area contributed by atoms with Crippen molar-refractivity contribution >= 4 is 10.9 Å². The fourth-order valence-electron chi connectivity index (χ4n) is 1.62. The first kappa shape index (κ1) is 7.35. The smallest absolute Gasteiger partial charge is 0.0672 e. The van der Waals surface area contributed by atoms with Crippen molar-refractivity contribution < 1.29 is 0 Å². The number of H-pyrrole nitrogens is 1. The molecule has 62 valence electrons. The molecular formula is C10H12N2. The number of hydrogen-bond acceptors (Lipinski definition) is 1. The standard InChI is InChI=1S/C10H12N2/c1-3-8-5-4-6-9-10(8)7(2)11-12-9/h4-6H,3H2,1-2H3,(H,11,12). The molecule has 2 nitrogen and oxygen atoms in total. The van der Waals surface area contributed by atoms with Gasteiger partial charge in [-0.15, -0.1) is 0 Å². The molecule has 12 heavy (non-hydrogen) atoms. The molecule has 0 aliphatic carbocycles. The Balaban J connectivity index is 2.84. The van der Waals surface area contributed by atoms with Crippen LogP contribution in [0.15, 0.2) is 18.2 Å². The summed E-state index contributed by atoms with van der Waals surface area (Å²) in [7, 11) is 0. The van der Waals surface area contributed by atoms with E-state index in [2.05, 4.69) is 35.3 Å². The van der Waals surface area contributed by atoms with Gasteiger partial charge in [-0.3, -0.25) is 5.10 Å². The van der Waals surface area contributed by atoms with Crippen LogP contribution in [0.2, 0.25) is 0 Å². The van der Waals surface area contributed by atoms with Crippen molar-refractivity contribution in [2.24, 2.45) is 0 Å². The van der Waals surface area contributed by atoms with E-state index < -0.39 is 0 Å². The van der Waals surface area contributed by atoms with Crippen molar-refractivity contribution in [2.45, 2.75) is 20.3 Å². The Labute approximate surface area is 71.6 Å². The molecule has 0 saturated carbocycles. The van der Waals surface area contributed by atoms with Gasteiger partial charge < -0.3 is 0 Å². The van der Waals surface area contributed by atoms with Crippen LogP contribution >= 0.6 is 0 Å². The van der Waals surface area contributed by atoms with Gasteiger partial charge >= 0.3 is 0 Å². The summed E-state index contributed by atoms with van der Waals surface area (Å²) in [5.74, 6) is 0. The third-order valence-corrected chi connectivity index (χ3v) is 2.24. The molecule has 1 aromatic carbocycles. The Hall–Kier alpha value is -1.31. The number of aromatic nitrogens is 2. The van der Waals surface area contributed by atoms with Gasteiger partial charge in [-0.2, -0.15) is 5.10 Å². The van der Waals surface area contributed by atoms with Crippen molar-refractivity contribution in [2.75, 3.05) is 0 Å². The van der Waals surface area contributed by atoms with Crippen molar-refractivity contribution in [3.8, 4) is 0 Å². The fraction of sp³-hybridized carbons (Fsp3) is 0.300. The van der Waals surface area contributed by atoms with Crippen LogP contribution in [0, 0.1) is 6.92 Å². The van der Waals surface area contributed by atoms with Gasteiger partial charge in [0.15, 0.2) is 0 Å². The van der Waals surface area contributed by atoms with Crippen molar-refractivity contribution in [3.05, 3.63) is 29.5 Å². The topological polar surface area (TPSA) is 28.7 Å². The van der Waals surface area contributed by atoms with Crippen LogP contribution in [-0.4, -0.2) is 10.2 Å². The molecule has 1 heterocycles. The van der Waals surface area contributed by atoms with Crippen LogP contribution < -0.4 is 0 Å². The Kier molecular flexibility index (Phi) is 1.61. The second kappa shape index (κ2) is 2.63. The quantitative estimate of drug-likeness (QED) is 0.682. The average molecular weight is 160 g/mol. The highest BCUT2D eigenvalue weighted by Gasteiger charge is 2.03. The highest BCUT2D eigenvalue weighted by molar-refractivity contribution is 5.84. The number of hydrogen-bond donors (Lipinski definition) is 1. The molecular weight excluding hydrogens is 148 g/mol. The van der Waals surface area contributed by atoms with Crippen LogP contribution in [0.25, 0.3) is 10.9 Å². The van der Waals surface area contributed by atoms with E-state index in [9.17, 15) is 0 Å². The second-order valence-corrected chi connectivity index (χ2v) is 3.00. The zero-order valence-electron chi connectivity index (χ0n) is 7.39. The molecule has 0 fully saturated rings. The van der Waals surface area contributed by atoms with Crippen LogP contribution in [0.1, 0.15) is 18.2 Å². The van der Waals surface area contributed by atoms with Gasteiger partial charge in [-0.05, 0) is 25.0 Å². The molecule has 1 aromatic heterocycles. The lowest BCUT2D eigenvalue weighted by atomic mass is 10.1. The van der Waals surface area contributed by atoms with E-state index in [1.54, 1.807) is 0 Å². The van der Waals surface area contributed by atoms with E-state index in [1.165, 1.54) is 10.9 Å². The third-order valence-electron chi connectivity index (χ3n) is 2.24. The molecule has 1 N–H and O–H groups in total. The van der Waals surface area contributed by atoms with Gasteiger partial charge in [0.25, 0.3) is 0 Å². The summed E-state index contributed by atoms with van der Waals surface area (Å²) in [5.41, 5.74) is 3.62. The van der Waals surface area contributed by atoms with Gasteiger partial charge in [0.1, 0.15) is 0 Å². The maximum absolute atomic E-state index is 4.18. The Morgan fingerprint density at radius 1 is 1.42 bits per heavy atom. The predicted molar refractivity (Wildman–Crippen MR) is 50.2 cm³/mol. The van der Waals surface area contributed by atoms with Gasteiger partial charge in [-0.25, -0.2) is 0 Å². The van der Waals surface area contributed by atoms with Gasteiger partial charge in [0, 0.05) is 5.39 Å². The molecule has 0 aliphatic heterocycles. The first-order chi connectivity index (χ1) is 5.83. The van der Waals surface area contributed by atoms with E-state index >= 15 is 0 Å². The van der Waals surface area contributed by atoms with Gasteiger partial charge in [0.2, 0.25) is 0 Å². The molecule has 2 heteroatoms. The van der Waals surface area contributed by atoms with Crippen molar-refractivity contribution in [3.63, 3.8) is 0 Å². The molecule has 0 atom stereocenters. The lowest BCUT2D eigenvalue weighted by Crippen LogP contribution is -1.81. The largest absolute Gasteiger partial charge is 0.278 e. The summed E-state index contributed by atoms with van der Waals surface area (Å²) in [6.07, 6.45) is 1.07. The summed E-state index contributed by atoms with van der Waals surface area (Å²) < 4.78 is 0. The Morgan fingerprint density at radius 3 is 3.00 bits per heavy atom. The van der Waals surface area contributed by atoms with Crippen molar-refractivity contribution in [1.29, 1.82) is 0 Å². The number of aromatic amines is 1. The first-order valence-electron chi connectivity index (χ1n) is 4.25. The number of aryl methyl sites for hydroxylation is 2. The van der Waals surface area contributed by atoms with Gasteiger partial charge in [0.05, 0.1) is 11.2 Å². The van der Waals surface area contributed by atoms with Crippen LogP contribution in [0.5, 0.6) is 0 Å². The predicted octanol–water partition coefficient (Wildman–Crippen LogP) is 2.43. The minimum atomic E-state index is 1.07. The maximum atomic E-state index is 4.18. The van der Waals surface area contributed by atoms with E-state index in [1.807, 2.05) is 6.92 Å². The number of nitrogens with zero attached hydrogens (tertiary/aromatic N) is 1. The lowest BCUT2D eigenvalue weighted by Gasteiger charge is -1.97. The highest BCUT2D eigenvalue weighted by Crippen LogP contribution is 2.19. The Morgan fingerprint density at radius 2 is 2.25 bits per heavy atom. The lowest BCUT2D eigenvalue weighted by molar-refractivity contribution is 1.07. The Bertz CT molecular complexity index is 401. The molecule has 0 bridgehead atoms. The molecule has 2 aromatic rings. The fourth-order valence-corrected chi connectivity index (χ4v) is 1.62. The number of nitrogens with one attached hydrogen (secondary N) is 1. The maximum Gasteiger partial charge on any atom is 0.0672 e. The van der Waals surface area contributed by atoms with Crippen LogP contribution in [0.4, 0.5) is 0 Å². The molecule has 0 spiro atoms. The zero-order chi connectivity index (χ0) is 8.55. The molecule has 0 amide bonds. The average Bonchev–Trinajstić information content (AvgIpc) is 2.48. The monoisotopic (exact) mass is 160 g/mol. The minimum Gasteiger partial charge on any atom is -0.278 e. The number of fused-ring (bicyclic) bond motifs is 1. The second-order valence-electron chi connectivity index (χ2n) is 3.00. The molecule has 2 rings (SSSR count). The van der Waals surface area contributed by atoms with Crippen LogP contribution in [-0.2, 0) is 6.42 Å². The van der Waals surface area contributed by atoms with E-state index in [0.717, 1.165) is 17.6 Å². The summed E-state index contributed by atoms with van der Waals surface area (Å²) in [6.45, 7) is 4.21. The zero-order valence-corrected chi connectivity index (χ0v) is 7.39. The molecule has 0 aliphatic rings. The normalized spacial score (nSPS) is 10.8. The van der Waals surface area contributed by atoms with Crippen LogP contribution in [0.3, 0.4) is 0 Å². The van der Waals surface area contributed by atoms with E-state index in [4.69, 9.17) is 0 Å². The number of rotatable bonds is 1. The summed E-state index contributed by atoms with van der Waals surface area (Å²) >= 11 is 0. The summed E-state index contributed by atoms with van der Waals surface area (Å²) in [4.78, 5) is 0. The minimum absolute atomic E-state index is 1.07. The van der Waals surface area contributed by atoms with Gasteiger partial charge in [-0.1, -0.05) is 19.1 Å². The SMILES string of the molecule is CCc1cccc2[nH]nc(C)c12. The third kappa shape index (κ3) is 0.916. The van der Waals surface area contributed by atoms with E-state index in [-0.39, 0.29) is 0 Å². The molecule has 0 unspecified atom stereocenters. The van der Waals surface area contributed by atoms with E-state index in [0.29, 0.717) is 0 Å². The number of benzene rings is 1. The highest BCUT2D eigenvalue weighted by atomic mass is 15.1. The van der Waals surface area contributed by atoms with Crippen molar-refractivity contribution in [1.82, 2.24) is 10.2 Å². The first-order valence-corrected chi connectivity index (χ1v) is 4.25. The molecule has 0 radical (unpaired) electrons. The summed E-state index contributed by atoms with van der Waals surface area (Å²) in [6, 6.07) is 6.29. The summed E-state index contributed by atoms with van der Waals surface area (Å²) in [5, 5.41) is 8.48.